The third-order valence-corrected chi connectivity index (χ3v) is 2.83. The number of hydrogen-bond donors (Lipinski definition) is 2. The summed E-state index contributed by atoms with van der Waals surface area (Å²) in [5.74, 6) is 0.0547. The Morgan fingerprint density at radius 3 is 2.87 bits per heavy atom. The molecule has 1 heterocycles. The van der Waals surface area contributed by atoms with E-state index in [0.717, 1.165) is 26.0 Å². The molecule has 0 spiro atoms. The predicted octanol–water partition coefficient (Wildman–Crippen LogP) is 0.670. The molecule has 2 unspecified atom stereocenters. The van der Waals surface area contributed by atoms with E-state index in [-0.39, 0.29) is 17.6 Å². The largest absolute Gasteiger partial charge is 0.374 e. The molecule has 0 bridgehead atoms. The van der Waals surface area contributed by atoms with Crippen molar-refractivity contribution in [3.05, 3.63) is 0 Å². The molecule has 0 radical (unpaired) electrons. The molecule has 1 saturated heterocycles. The van der Waals surface area contributed by atoms with E-state index in [1.54, 1.807) is 0 Å². The van der Waals surface area contributed by atoms with E-state index >= 15 is 0 Å². The van der Waals surface area contributed by atoms with Gasteiger partial charge in [0, 0.05) is 19.7 Å². The first-order valence-corrected chi connectivity index (χ1v) is 5.72. The average Bonchev–Trinajstić information content (AvgIpc) is 2.63. The van der Waals surface area contributed by atoms with Crippen molar-refractivity contribution in [1.29, 1.82) is 0 Å². The molecule has 1 aliphatic heterocycles. The van der Waals surface area contributed by atoms with Gasteiger partial charge < -0.3 is 15.4 Å². The molecule has 0 aromatic rings. The Kier molecular flexibility index (Phi) is 4.54. The van der Waals surface area contributed by atoms with Gasteiger partial charge in [-0.1, -0.05) is 0 Å². The summed E-state index contributed by atoms with van der Waals surface area (Å²) in [6, 6.07) is -0.147. The molecule has 2 N–H and O–H groups in total. The second kappa shape index (κ2) is 5.47. The summed E-state index contributed by atoms with van der Waals surface area (Å²) in [5.41, 5.74) is -0.0826. The lowest BCUT2D eigenvalue weighted by molar-refractivity contribution is -0.122. The third kappa shape index (κ3) is 3.80. The van der Waals surface area contributed by atoms with Crippen molar-refractivity contribution in [3.8, 4) is 0 Å². The van der Waals surface area contributed by atoms with E-state index in [2.05, 4.69) is 17.6 Å². The Bertz CT molecular complexity index is 213. The van der Waals surface area contributed by atoms with Crippen molar-refractivity contribution in [2.45, 2.75) is 45.3 Å². The lowest BCUT2D eigenvalue weighted by atomic mass is 10.0. The van der Waals surface area contributed by atoms with E-state index in [4.69, 9.17) is 4.74 Å². The lowest BCUT2D eigenvalue weighted by Gasteiger charge is -2.25. The Labute approximate surface area is 91.8 Å². The SMILES string of the molecule is CCNC(=O)C(C)NCC1(C)CCCO1. The molecule has 1 amide bonds. The normalized spacial score (nSPS) is 27.7. The Morgan fingerprint density at radius 1 is 1.60 bits per heavy atom. The molecule has 0 aromatic heterocycles. The molecular weight excluding hydrogens is 192 g/mol. The van der Waals surface area contributed by atoms with Crippen molar-refractivity contribution in [2.75, 3.05) is 19.7 Å². The van der Waals surface area contributed by atoms with Gasteiger partial charge in [0.2, 0.25) is 5.91 Å². The standard InChI is InChI=1S/C11H22N2O2/c1-4-12-10(14)9(2)13-8-11(3)6-5-7-15-11/h9,13H,4-8H2,1-3H3,(H,12,14). The van der Waals surface area contributed by atoms with Gasteiger partial charge in [0.25, 0.3) is 0 Å². The van der Waals surface area contributed by atoms with Crippen LogP contribution in [0.25, 0.3) is 0 Å². The highest BCUT2D eigenvalue weighted by atomic mass is 16.5. The monoisotopic (exact) mass is 214 g/mol. The Hall–Kier alpha value is -0.610. The lowest BCUT2D eigenvalue weighted by Crippen LogP contribution is -2.47. The molecule has 1 rings (SSSR count). The number of likely N-dealkylation sites (N-methyl/N-ethyl adjacent to an activating group) is 1. The van der Waals surface area contributed by atoms with Crippen LogP contribution in [0.3, 0.4) is 0 Å². The van der Waals surface area contributed by atoms with Crippen molar-refractivity contribution in [3.63, 3.8) is 0 Å². The van der Waals surface area contributed by atoms with E-state index in [1.165, 1.54) is 0 Å². The highest BCUT2D eigenvalue weighted by Gasteiger charge is 2.30. The smallest absolute Gasteiger partial charge is 0.236 e. The molecule has 4 nitrogen and oxygen atoms in total. The summed E-state index contributed by atoms with van der Waals surface area (Å²) in [7, 11) is 0. The second-order valence-electron chi connectivity index (χ2n) is 4.40. The fraction of sp³-hybridized carbons (Fsp3) is 0.909. The first kappa shape index (κ1) is 12.5. The van der Waals surface area contributed by atoms with Crippen LogP contribution >= 0.6 is 0 Å². The molecule has 0 aromatic carbocycles. The van der Waals surface area contributed by atoms with Gasteiger partial charge in [-0.15, -0.1) is 0 Å². The van der Waals surface area contributed by atoms with Crippen molar-refractivity contribution < 1.29 is 9.53 Å². The van der Waals surface area contributed by atoms with Crippen LogP contribution in [0.5, 0.6) is 0 Å². The number of hydrogen-bond acceptors (Lipinski definition) is 3. The maximum atomic E-state index is 11.4. The summed E-state index contributed by atoms with van der Waals surface area (Å²) in [4.78, 5) is 11.4. The van der Waals surface area contributed by atoms with Crippen LogP contribution in [-0.2, 0) is 9.53 Å². The van der Waals surface area contributed by atoms with E-state index in [1.807, 2.05) is 13.8 Å². The van der Waals surface area contributed by atoms with Crippen LogP contribution in [-0.4, -0.2) is 37.2 Å². The number of nitrogens with one attached hydrogen (secondary N) is 2. The molecule has 88 valence electrons. The van der Waals surface area contributed by atoms with Gasteiger partial charge in [-0.25, -0.2) is 0 Å². The fourth-order valence-corrected chi connectivity index (χ4v) is 1.77. The van der Waals surface area contributed by atoms with Crippen LogP contribution in [0.4, 0.5) is 0 Å². The highest BCUT2D eigenvalue weighted by Crippen LogP contribution is 2.23. The molecule has 15 heavy (non-hydrogen) atoms. The minimum Gasteiger partial charge on any atom is -0.374 e. The first-order chi connectivity index (χ1) is 7.07. The van der Waals surface area contributed by atoms with Crippen LogP contribution < -0.4 is 10.6 Å². The van der Waals surface area contributed by atoms with Gasteiger partial charge >= 0.3 is 0 Å². The van der Waals surface area contributed by atoms with Gasteiger partial charge in [0.05, 0.1) is 11.6 Å². The Morgan fingerprint density at radius 2 is 2.33 bits per heavy atom. The summed E-state index contributed by atoms with van der Waals surface area (Å²) >= 11 is 0. The molecule has 4 heteroatoms. The summed E-state index contributed by atoms with van der Waals surface area (Å²) in [6.07, 6.45) is 2.19. The Balaban J connectivity index is 2.26. The van der Waals surface area contributed by atoms with Crippen LogP contribution in [0, 0.1) is 0 Å². The number of carbonyl (C=O) groups excluding carboxylic acids is 1. The topological polar surface area (TPSA) is 50.4 Å². The second-order valence-corrected chi connectivity index (χ2v) is 4.40. The van der Waals surface area contributed by atoms with Gasteiger partial charge in [0.1, 0.15) is 0 Å². The fourth-order valence-electron chi connectivity index (χ4n) is 1.77. The molecule has 2 atom stereocenters. The zero-order valence-electron chi connectivity index (χ0n) is 9.93. The summed E-state index contributed by atoms with van der Waals surface area (Å²) in [6.45, 7) is 8.16. The predicted molar refractivity (Wildman–Crippen MR) is 59.7 cm³/mol. The third-order valence-electron chi connectivity index (χ3n) is 2.83. The summed E-state index contributed by atoms with van der Waals surface area (Å²) in [5, 5.41) is 6.00. The van der Waals surface area contributed by atoms with Gasteiger partial charge in [-0.3, -0.25) is 4.79 Å². The first-order valence-electron chi connectivity index (χ1n) is 5.72. The van der Waals surface area contributed by atoms with Crippen LogP contribution in [0.15, 0.2) is 0 Å². The van der Waals surface area contributed by atoms with Gasteiger partial charge in [0.15, 0.2) is 0 Å². The molecule has 0 saturated carbocycles. The van der Waals surface area contributed by atoms with E-state index in [9.17, 15) is 4.79 Å². The van der Waals surface area contributed by atoms with E-state index in [0.29, 0.717) is 6.54 Å². The zero-order chi connectivity index (χ0) is 11.3. The highest BCUT2D eigenvalue weighted by molar-refractivity contribution is 5.81. The number of amides is 1. The van der Waals surface area contributed by atoms with Gasteiger partial charge in [-0.05, 0) is 33.6 Å². The molecular formula is C11H22N2O2. The minimum absolute atomic E-state index is 0.0547. The number of rotatable bonds is 5. The number of ether oxygens (including phenoxy) is 1. The van der Waals surface area contributed by atoms with Crippen LogP contribution in [0.1, 0.15) is 33.6 Å². The van der Waals surface area contributed by atoms with Crippen LogP contribution in [0.2, 0.25) is 0 Å². The number of carbonyl (C=O) groups is 1. The van der Waals surface area contributed by atoms with Gasteiger partial charge in [-0.2, -0.15) is 0 Å². The molecule has 1 fully saturated rings. The van der Waals surface area contributed by atoms with Crippen molar-refractivity contribution >= 4 is 5.91 Å². The maximum absolute atomic E-state index is 11.4. The average molecular weight is 214 g/mol. The minimum atomic E-state index is -0.147. The quantitative estimate of drug-likeness (QED) is 0.707. The maximum Gasteiger partial charge on any atom is 0.236 e. The molecule has 1 aliphatic rings. The summed E-state index contributed by atoms with van der Waals surface area (Å²) < 4.78 is 5.64. The molecule has 0 aliphatic carbocycles. The van der Waals surface area contributed by atoms with Crippen molar-refractivity contribution in [1.82, 2.24) is 10.6 Å². The van der Waals surface area contributed by atoms with Crippen molar-refractivity contribution in [2.24, 2.45) is 0 Å². The van der Waals surface area contributed by atoms with E-state index < -0.39 is 0 Å². The zero-order valence-corrected chi connectivity index (χ0v) is 9.93.